The molecule has 0 atom stereocenters. The number of pyridine rings is 1. The number of aryl methyl sites for hydroxylation is 1. The van der Waals surface area contributed by atoms with E-state index in [0.29, 0.717) is 10.9 Å². The molecule has 0 aliphatic heterocycles. The van der Waals surface area contributed by atoms with Gasteiger partial charge in [0.25, 0.3) is 0 Å². The van der Waals surface area contributed by atoms with Crippen LogP contribution in [0, 0.1) is 18.3 Å². The molecule has 6 heteroatoms. The maximum atomic E-state index is 12.8. The first-order chi connectivity index (χ1) is 10.9. The summed E-state index contributed by atoms with van der Waals surface area (Å²) in [5, 5.41) is 9.67. The number of nitriles is 1. The van der Waals surface area contributed by atoms with Crippen LogP contribution < -0.4 is 0 Å². The van der Waals surface area contributed by atoms with Crippen molar-refractivity contribution in [2.24, 2.45) is 0 Å². The molecule has 1 aromatic heterocycles. The van der Waals surface area contributed by atoms with Gasteiger partial charge in [0.1, 0.15) is 4.90 Å². The lowest BCUT2D eigenvalue weighted by Crippen LogP contribution is -2.04. The molecule has 0 unspecified atom stereocenters. The van der Waals surface area contributed by atoms with Gasteiger partial charge in [-0.05, 0) is 37.3 Å². The fraction of sp³-hybridized carbons (Fsp3) is 0.0588. The van der Waals surface area contributed by atoms with Crippen LogP contribution in [0.25, 0.3) is 10.9 Å². The highest BCUT2D eigenvalue weighted by atomic mass is 35.5. The van der Waals surface area contributed by atoms with Crippen molar-refractivity contribution in [2.45, 2.75) is 16.7 Å². The third kappa shape index (κ3) is 2.67. The van der Waals surface area contributed by atoms with Gasteiger partial charge in [-0.15, -0.1) is 0 Å². The second-order valence-corrected chi connectivity index (χ2v) is 7.40. The molecule has 3 aromatic rings. The molecule has 0 spiro atoms. The number of hydrogen-bond acceptors (Lipinski definition) is 4. The lowest BCUT2D eigenvalue weighted by Gasteiger charge is -2.09. The van der Waals surface area contributed by atoms with Gasteiger partial charge in [0, 0.05) is 11.6 Å². The van der Waals surface area contributed by atoms with Crippen LogP contribution in [0.1, 0.15) is 11.1 Å². The fourth-order valence-electron chi connectivity index (χ4n) is 2.30. The summed E-state index contributed by atoms with van der Waals surface area (Å²) < 4.78 is 25.6. The first kappa shape index (κ1) is 15.5. The Labute approximate surface area is 138 Å². The number of sulfone groups is 1. The Bertz CT molecular complexity index is 1070. The molecule has 0 aliphatic rings. The molecule has 0 saturated heterocycles. The minimum absolute atomic E-state index is 0.0206. The van der Waals surface area contributed by atoms with Crippen LogP contribution in [-0.2, 0) is 9.84 Å². The van der Waals surface area contributed by atoms with Crippen molar-refractivity contribution in [3.63, 3.8) is 0 Å². The quantitative estimate of drug-likeness (QED) is 0.708. The van der Waals surface area contributed by atoms with Gasteiger partial charge in [-0.3, -0.25) is 4.98 Å². The Morgan fingerprint density at radius 2 is 1.96 bits per heavy atom. The zero-order valence-electron chi connectivity index (χ0n) is 12.1. The van der Waals surface area contributed by atoms with Crippen LogP contribution in [0.2, 0.25) is 5.02 Å². The lowest BCUT2D eigenvalue weighted by molar-refractivity contribution is 0.596. The summed E-state index contributed by atoms with van der Waals surface area (Å²) in [4.78, 5) is 4.15. The molecule has 0 N–H and O–H groups in total. The van der Waals surface area contributed by atoms with Gasteiger partial charge >= 0.3 is 0 Å². The predicted octanol–water partition coefficient (Wildman–Crippen LogP) is 3.90. The Hall–Kier alpha value is -2.42. The molecule has 2 aromatic carbocycles. The maximum Gasteiger partial charge on any atom is 0.209 e. The Kier molecular flexibility index (Phi) is 3.80. The van der Waals surface area contributed by atoms with Crippen molar-refractivity contribution in [1.82, 2.24) is 4.98 Å². The van der Waals surface area contributed by atoms with E-state index in [1.54, 1.807) is 18.2 Å². The maximum absolute atomic E-state index is 12.8. The summed E-state index contributed by atoms with van der Waals surface area (Å²) in [6, 6.07) is 13.2. The van der Waals surface area contributed by atoms with Gasteiger partial charge in [0.15, 0.2) is 0 Å². The number of nitrogens with zero attached hydrogens (tertiary/aromatic N) is 2. The Balaban J connectivity index is 2.26. The van der Waals surface area contributed by atoms with Crippen LogP contribution in [-0.4, -0.2) is 13.4 Å². The molecular weight excluding hydrogens is 332 g/mol. The Morgan fingerprint density at radius 3 is 2.70 bits per heavy atom. The van der Waals surface area contributed by atoms with Crippen LogP contribution >= 0.6 is 11.6 Å². The van der Waals surface area contributed by atoms with Gasteiger partial charge in [-0.25, -0.2) is 8.42 Å². The summed E-state index contributed by atoms with van der Waals surface area (Å²) in [6.07, 6.45) is 1.26. The van der Waals surface area contributed by atoms with E-state index in [1.165, 1.54) is 24.4 Å². The second kappa shape index (κ2) is 5.65. The van der Waals surface area contributed by atoms with Crippen molar-refractivity contribution in [2.75, 3.05) is 0 Å². The highest BCUT2D eigenvalue weighted by Gasteiger charge is 2.23. The molecular formula is C17H11ClN2O2S. The molecule has 4 nitrogen and oxygen atoms in total. The molecule has 3 rings (SSSR count). The zero-order valence-corrected chi connectivity index (χ0v) is 13.7. The number of benzene rings is 2. The Morgan fingerprint density at radius 1 is 1.17 bits per heavy atom. The first-order valence-electron chi connectivity index (χ1n) is 6.73. The number of hydrogen-bond donors (Lipinski definition) is 0. The van der Waals surface area contributed by atoms with E-state index in [1.807, 2.05) is 19.1 Å². The number of fused-ring (bicyclic) bond motifs is 1. The second-order valence-electron chi connectivity index (χ2n) is 5.10. The molecule has 0 amide bonds. The van der Waals surface area contributed by atoms with Crippen LogP contribution in [0.15, 0.2) is 58.5 Å². The molecule has 0 bridgehead atoms. The van der Waals surface area contributed by atoms with Crippen LogP contribution in [0.3, 0.4) is 0 Å². The predicted molar refractivity (Wildman–Crippen MR) is 88.1 cm³/mol. The van der Waals surface area contributed by atoms with Crippen molar-refractivity contribution in [1.29, 1.82) is 5.26 Å². The highest BCUT2D eigenvalue weighted by Crippen LogP contribution is 2.33. The van der Waals surface area contributed by atoms with Crippen molar-refractivity contribution < 1.29 is 8.42 Å². The monoisotopic (exact) mass is 342 g/mol. The molecule has 0 fully saturated rings. The van der Waals surface area contributed by atoms with Crippen molar-refractivity contribution >= 4 is 32.3 Å². The highest BCUT2D eigenvalue weighted by molar-refractivity contribution is 7.91. The third-order valence-corrected chi connectivity index (χ3v) is 5.77. The van der Waals surface area contributed by atoms with E-state index in [4.69, 9.17) is 16.9 Å². The normalized spacial score (nSPS) is 11.3. The number of rotatable bonds is 2. The van der Waals surface area contributed by atoms with Gasteiger partial charge in [-0.2, -0.15) is 5.26 Å². The topological polar surface area (TPSA) is 70.8 Å². The summed E-state index contributed by atoms with van der Waals surface area (Å²) in [5.74, 6) is 0. The van der Waals surface area contributed by atoms with E-state index in [2.05, 4.69) is 4.98 Å². The van der Waals surface area contributed by atoms with Crippen molar-refractivity contribution in [3.05, 3.63) is 64.8 Å². The van der Waals surface area contributed by atoms with E-state index in [9.17, 15) is 8.42 Å². The fourth-order valence-corrected chi connectivity index (χ4v) is 4.14. The smallest absolute Gasteiger partial charge is 0.209 e. The molecule has 0 aliphatic carbocycles. The van der Waals surface area contributed by atoms with E-state index in [0.717, 1.165) is 5.56 Å². The standard InChI is InChI=1S/C17H11ClN2O2S/c1-11-5-6-15-14(7-11)17(18)16(10-20-15)23(21,22)13-4-2-3-12(8-13)9-19/h2-8,10H,1H3. The molecule has 0 radical (unpaired) electrons. The SMILES string of the molecule is Cc1ccc2ncc(S(=O)(=O)c3cccc(C#N)c3)c(Cl)c2c1. The number of halogens is 1. The zero-order chi connectivity index (χ0) is 16.6. The molecule has 1 heterocycles. The van der Waals surface area contributed by atoms with Crippen LogP contribution in [0.4, 0.5) is 0 Å². The lowest BCUT2D eigenvalue weighted by atomic mass is 10.1. The van der Waals surface area contributed by atoms with Gasteiger partial charge in [0.05, 0.1) is 27.1 Å². The molecule has 0 saturated carbocycles. The largest absolute Gasteiger partial charge is 0.255 e. The van der Waals surface area contributed by atoms with Gasteiger partial charge < -0.3 is 0 Å². The average Bonchev–Trinajstić information content (AvgIpc) is 2.55. The summed E-state index contributed by atoms with van der Waals surface area (Å²) >= 11 is 6.34. The summed E-state index contributed by atoms with van der Waals surface area (Å²) in [6.45, 7) is 1.90. The van der Waals surface area contributed by atoms with Crippen molar-refractivity contribution in [3.8, 4) is 6.07 Å². The van der Waals surface area contributed by atoms with E-state index < -0.39 is 9.84 Å². The molecule has 114 valence electrons. The summed E-state index contributed by atoms with van der Waals surface area (Å²) in [7, 11) is -3.85. The summed E-state index contributed by atoms with van der Waals surface area (Å²) in [5.41, 5.74) is 1.86. The van der Waals surface area contributed by atoms with Crippen LogP contribution in [0.5, 0.6) is 0 Å². The van der Waals surface area contributed by atoms with Gasteiger partial charge in [0.2, 0.25) is 9.84 Å². The molecule has 23 heavy (non-hydrogen) atoms. The minimum Gasteiger partial charge on any atom is -0.255 e. The number of aromatic nitrogens is 1. The van der Waals surface area contributed by atoms with Gasteiger partial charge in [-0.1, -0.05) is 29.3 Å². The minimum atomic E-state index is -3.85. The average molecular weight is 343 g/mol. The first-order valence-corrected chi connectivity index (χ1v) is 8.60. The van der Waals surface area contributed by atoms with E-state index >= 15 is 0 Å². The third-order valence-electron chi connectivity index (χ3n) is 3.49. The van der Waals surface area contributed by atoms with E-state index in [-0.39, 0.29) is 20.4 Å².